The summed E-state index contributed by atoms with van der Waals surface area (Å²) < 4.78 is 27.5. The fraction of sp³-hybridized carbons (Fsp3) is 0.343. The Morgan fingerprint density at radius 2 is 1.64 bits per heavy atom. The molecule has 0 radical (unpaired) electrons. The van der Waals surface area contributed by atoms with Gasteiger partial charge in [-0.3, -0.25) is 14.5 Å². The van der Waals surface area contributed by atoms with Gasteiger partial charge in [-0.2, -0.15) is 5.10 Å². The summed E-state index contributed by atoms with van der Waals surface area (Å²) in [7, 11) is 1.86. The number of ketones is 1. The van der Waals surface area contributed by atoms with Crippen LogP contribution in [0.1, 0.15) is 67.7 Å². The van der Waals surface area contributed by atoms with Gasteiger partial charge in [-0.25, -0.2) is 13.8 Å². The Morgan fingerprint density at radius 3 is 2.33 bits per heavy atom. The van der Waals surface area contributed by atoms with Gasteiger partial charge in [-0.1, -0.05) is 61.0 Å². The summed E-state index contributed by atoms with van der Waals surface area (Å²) in [5.74, 6) is -0.750. The number of hydrogen-bond acceptors (Lipinski definition) is 4. The monoisotopic (exact) mass is 567 g/mol. The molecule has 7 heteroatoms. The molecule has 3 aromatic rings. The minimum Gasteiger partial charge on any atom is -0.297 e. The van der Waals surface area contributed by atoms with Crippen molar-refractivity contribution in [3.8, 4) is 0 Å². The molecule has 3 unspecified atom stereocenters. The quantitative estimate of drug-likeness (QED) is 0.321. The van der Waals surface area contributed by atoms with Crippen molar-refractivity contribution in [3.63, 3.8) is 0 Å². The lowest BCUT2D eigenvalue weighted by Gasteiger charge is -2.43. The molecular formula is C35H35F2N3O2. The summed E-state index contributed by atoms with van der Waals surface area (Å²) in [6, 6.07) is 22.0. The summed E-state index contributed by atoms with van der Waals surface area (Å²) in [6.07, 6.45) is 7.48. The molecule has 1 heterocycles. The maximum Gasteiger partial charge on any atom is 0.257 e. The van der Waals surface area contributed by atoms with E-state index in [-0.39, 0.29) is 41.8 Å². The predicted molar refractivity (Wildman–Crippen MR) is 159 cm³/mol. The molecule has 216 valence electrons. The summed E-state index contributed by atoms with van der Waals surface area (Å²) in [6.45, 7) is 0.0127. The van der Waals surface area contributed by atoms with Crippen LogP contribution in [-0.2, 0) is 15.1 Å². The zero-order chi connectivity index (χ0) is 29.3. The maximum absolute atomic E-state index is 14.2. The van der Waals surface area contributed by atoms with E-state index in [1.165, 1.54) is 24.3 Å². The standard InChI is InChI=1S/C35H35F2N3O2/c1-39(35(21-6-5-12-31(35)41)27-9-3-2-4-10-27)23-32(42)40-34(25-15-19-29(37)20-16-25)30-11-7-8-26(33(30)38-40)22-24-13-17-28(36)18-14-24/h2-4,9-10,13-20,22,30,34H,5-8,11-12,21,23H2,1H3/b26-22-. The van der Waals surface area contributed by atoms with Gasteiger partial charge in [0.15, 0.2) is 5.78 Å². The molecule has 0 aromatic heterocycles. The zero-order valence-corrected chi connectivity index (χ0v) is 23.8. The Bertz CT molecular complexity index is 1520. The van der Waals surface area contributed by atoms with E-state index in [2.05, 4.69) is 0 Å². The van der Waals surface area contributed by atoms with E-state index in [4.69, 9.17) is 5.10 Å². The third-order valence-corrected chi connectivity index (χ3v) is 9.11. The second-order valence-corrected chi connectivity index (χ2v) is 11.7. The second-order valence-electron chi connectivity index (χ2n) is 11.7. The lowest BCUT2D eigenvalue weighted by atomic mass is 9.74. The average molecular weight is 568 g/mol. The third-order valence-electron chi connectivity index (χ3n) is 9.11. The predicted octanol–water partition coefficient (Wildman–Crippen LogP) is 7.06. The molecule has 0 bridgehead atoms. The number of allylic oxidation sites excluding steroid dienone is 1. The number of benzene rings is 3. The van der Waals surface area contributed by atoms with Crippen LogP contribution in [0.5, 0.6) is 0 Å². The molecule has 2 aliphatic carbocycles. The number of rotatable bonds is 6. The van der Waals surface area contributed by atoms with Gasteiger partial charge in [0, 0.05) is 12.3 Å². The molecule has 0 spiro atoms. The Morgan fingerprint density at radius 1 is 0.952 bits per heavy atom. The molecule has 2 saturated carbocycles. The molecule has 0 saturated heterocycles. The first-order valence-electron chi connectivity index (χ1n) is 14.8. The van der Waals surface area contributed by atoms with E-state index < -0.39 is 5.54 Å². The van der Waals surface area contributed by atoms with Crippen molar-refractivity contribution < 1.29 is 18.4 Å². The fourth-order valence-electron chi connectivity index (χ4n) is 7.03. The zero-order valence-electron chi connectivity index (χ0n) is 23.8. The largest absolute Gasteiger partial charge is 0.297 e. The molecule has 42 heavy (non-hydrogen) atoms. The molecule has 0 N–H and O–H groups in total. The van der Waals surface area contributed by atoms with Crippen molar-refractivity contribution in [3.05, 3.63) is 113 Å². The molecule has 3 aromatic carbocycles. The van der Waals surface area contributed by atoms with Crippen molar-refractivity contribution in [2.24, 2.45) is 11.0 Å². The lowest BCUT2D eigenvalue weighted by molar-refractivity contribution is -0.141. The summed E-state index contributed by atoms with van der Waals surface area (Å²) in [5, 5.41) is 6.52. The second kappa shape index (κ2) is 11.7. The van der Waals surface area contributed by atoms with Gasteiger partial charge in [0.25, 0.3) is 5.91 Å². The van der Waals surface area contributed by atoms with Gasteiger partial charge in [0.05, 0.1) is 18.3 Å². The van der Waals surface area contributed by atoms with Crippen molar-refractivity contribution in [1.29, 1.82) is 0 Å². The number of Topliss-reactive ketones (excluding diaryl/α,β-unsaturated/α-hetero) is 1. The Labute approximate surface area is 245 Å². The molecule has 1 aliphatic heterocycles. The number of carbonyl (C=O) groups excluding carboxylic acids is 2. The number of carbonyl (C=O) groups is 2. The minimum atomic E-state index is -0.867. The van der Waals surface area contributed by atoms with Crippen LogP contribution in [0.15, 0.2) is 89.5 Å². The van der Waals surface area contributed by atoms with Crippen molar-refractivity contribution in [1.82, 2.24) is 9.91 Å². The van der Waals surface area contributed by atoms with Crippen LogP contribution in [0, 0.1) is 17.6 Å². The van der Waals surface area contributed by atoms with Crippen molar-refractivity contribution in [2.75, 3.05) is 13.6 Å². The fourth-order valence-corrected chi connectivity index (χ4v) is 7.03. The minimum absolute atomic E-state index is 0.0127. The van der Waals surface area contributed by atoms with Crippen LogP contribution >= 0.6 is 0 Å². The highest BCUT2D eigenvalue weighted by Crippen LogP contribution is 2.45. The van der Waals surface area contributed by atoms with Crippen LogP contribution in [0.4, 0.5) is 8.78 Å². The molecule has 2 fully saturated rings. The molecule has 3 atom stereocenters. The number of nitrogens with zero attached hydrogens (tertiary/aromatic N) is 3. The van der Waals surface area contributed by atoms with Gasteiger partial charge in [-0.15, -0.1) is 0 Å². The van der Waals surface area contributed by atoms with Crippen LogP contribution in [0.25, 0.3) is 6.08 Å². The highest BCUT2D eigenvalue weighted by atomic mass is 19.1. The molecule has 5 nitrogen and oxygen atoms in total. The summed E-state index contributed by atoms with van der Waals surface area (Å²) in [5.41, 5.74) is 3.61. The normalized spacial score (nSPS) is 25.0. The first kappa shape index (κ1) is 28.2. The van der Waals surface area contributed by atoms with Gasteiger partial charge in [0.1, 0.15) is 17.2 Å². The van der Waals surface area contributed by atoms with E-state index in [0.717, 1.165) is 60.1 Å². The Hall–Kier alpha value is -3.97. The topological polar surface area (TPSA) is 53.0 Å². The Balaban J connectivity index is 1.36. The van der Waals surface area contributed by atoms with E-state index in [1.54, 1.807) is 29.3 Å². The number of likely N-dealkylation sites (N-methyl/N-ethyl adjacent to an activating group) is 1. The third kappa shape index (κ3) is 5.22. The van der Waals surface area contributed by atoms with Crippen molar-refractivity contribution in [2.45, 2.75) is 56.5 Å². The van der Waals surface area contributed by atoms with Gasteiger partial charge < -0.3 is 0 Å². The van der Waals surface area contributed by atoms with Gasteiger partial charge >= 0.3 is 0 Å². The van der Waals surface area contributed by atoms with E-state index in [9.17, 15) is 18.4 Å². The lowest BCUT2D eigenvalue weighted by Crippen LogP contribution is -2.54. The molecular weight excluding hydrogens is 532 g/mol. The van der Waals surface area contributed by atoms with E-state index in [0.29, 0.717) is 12.8 Å². The Kier molecular flexibility index (Phi) is 7.86. The van der Waals surface area contributed by atoms with Crippen LogP contribution < -0.4 is 0 Å². The first-order chi connectivity index (χ1) is 20.4. The number of fused-ring (bicyclic) bond motifs is 1. The highest BCUT2D eigenvalue weighted by Gasteiger charge is 2.48. The van der Waals surface area contributed by atoms with Crippen LogP contribution in [0.3, 0.4) is 0 Å². The maximum atomic E-state index is 14.2. The van der Waals surface area contributed by atoms with Crippen molar-refractivity contribution >= 4 is 23.5 Å². The average Bonchev–Trinajstić information content (AvgIpc) is 3.40. The van der Waals surface area contributed by atoms with E-state index in [1.807, 2.05) is 48.4 Å². The van der Waals surface area contributed by atoms with Gasteiger partial charge in [-0.05, 0) is 91.8 Å². The number of amides is 1. The molecule has 6 rings (SSSR count). The summed E-state index contributed by atoms with van der Waals surface area (Å²) in [4.78, 5) is 29.7. The highest BCUT2D eigenvalue weighted by molar-refractivity contribution is 6.08. The SMILES string of the molecule is CN(CC(=O)N1N=C2/C(=C\c3ccc(F)cc3)CCCC2C1c1ccc(F)cc1)C1(c2ccccc2)CCCCC1=O. The van der Waals surface area contributed by atoms with E-state index >= 15 is 0 Å². The number of halogens is 2. The van der Waals surface area contributed by atoms with Crippen LogP contribution in [0.2, 0.25) is 0 Å². The summed E-state index contributed by atoms with van der Waals surface area (Å²) >= 11 is 0. The number of hydrogen-bond donors (Lipinski definition) is 0. The van der Waals surface area contributed by atoms with Crippen LogP contribution in [-0.4, -0.2) is 40.9 Å². The smallest absolute Gasteiger partial charge is 0.257 e. The number of hydrazone groups is 1. The van der Waals surface area contributed by atoms with Gasteiger partial charge in [0.2, 0.25) is 0 Å². The molecule has 3 aliphatic rings. The molecule has 1 amide bonds. The first-order valence-corrected chi connectivity index (χ1v) is 14.8.